The minimum Gasteiger partial charge on any atom is -0.370 e. The lowest BCUT2D eigenvalue weighted by Crippen LogP contribution is -2.24. The first-order chi connectivity index (χ1) is 6.58. The first kappa shape index (κ1) is 11.0. The van der Waals surface area contributed by atoms with Crippen LogP contribution in [-0.2, 0) is 9.59 Å². The van der Waals surface area contributed by atoms with E-state index >= 15 is 0 Å². The van der Waals surface area contributed by atoms with Crippen LogP contribution in [0.5, 0.6) is 0 Å². The van der Waals surface area contributed by atoms with E-state index in [1.807, 2.05) is 0 Å². The van der Waals surface area contributed by atoms with E-state index in [0.29, 0.717) is 24.7 Å². The van der Waals surface area contributed by atoms with Crippen molar-refractivity contribution in [3.05, 3.63) is 0 Å². The fourth-order valence-corrected chi connectivity index (χ4v) is 2.21. The molecule has 1 fully saturated rings. The molecule has 4 N–H and O–H groups in total. The summed E-state index contributed by atoms with van der Waals surface area (Å²) in [6.45, 7) is 0. The smallest absolute Gasteiger partial charge is 0.217 e. The van der Waals surface area contributed by atoms with Crippen LogP contribution in [0.2, 0.25) is 0 Å². The molecular weight excluding hydrogens is 180 g/mol. The van der Waals surface area contributed by atoms with E-state index in [-0.39, 0.29) is 11.8 Å². The molecule has 80 valence electrons. The van der Waals surface area contributed by atoms with Crippen LogP contribution in [0.15, 0.2) is 0 Å². The van der Waals surface area contributed by atoms with Gasteiger partial charge in [-0.3, -0.25) is 9.59 Å². The Hall–Kier alpha value is -1.06. The first-order valence-corrected chi connectivity index (χ1v) is 5.14. The molecule has 0 aromatic heterocycles. The number of hydrogen-bond donors (Lipinski definition) is 2. The van der Waals surface area contributed by atoms with Crippen molar-refractivity contribution in [1.82, 2.24) is 0 Å². The number of amides is 2. The Labute approximate surface area is 84.0 Å². The minimum atomic E-state index is -0.219. The third-order valence-electron chi connectivity index (χ3n) is 2.95. The van der Waals surface area contributed by atoms with Gasteiger partial charge in [0.2, 0.25) is 11.8 Å². The molecule has 4 heteroatoms. The fraction of sp³-hybridized carbons (Fsp3) is 0.800. The van der Waals surface area contributed by atoms with Crippen molar-refractivity contribution in [2.45, 2.75) is 38.5 Å². The highest BCUT2D eigenvalue weighted by Gasteiger charge is 2.23. The predicted molar refractivity (Wildman–Crippen MR) is 53.1 cm³/mol. The van der Waals surface area contributed by atoms with Gasteiger partial charge < -0.3 is 11.5 Å². The summed E-state index contributed by atoms with van der Waals surface area (Å²) in [5, 5.41) is 0. The van der Waals surface area contributed by atoms with Gasteiger partial charge in [0.15, 0.2) is 0 Å². The SMILES string of the molecule is NC(=O)CC1CCC(CC(N)=O)CC1. The topological polar surface area (TPSA) is 86.2 Å². The van der Waals surface area contributed by atoms with Crippen LogP contribution in [-0.4, -0.2) is 11.8 Å². The Morgan fingerprint density at radius 3 is 1.36 bits per heavy atom. The Balaban J connectivity index is 2.24. The third-order valence-corrected chi connectivity index (χ3v) is 2.95. The maximum absolute atomic E-state index is 10.7. The summed E-state index contributed by atoms with van der Waals surface area (Å²) >= 11 is 0. The molecule has 4 nitrogen and oxygen atoms in total. The van der Waals surface area contributed by atoms with Crippen LogP contribution in [0, 0.1) is 11.8 Å². The molecule has 0 bridgehead atoms. The molecule has 1 aliphatic carbocycles. The van der Waals surface area contributed by atoms with Crippen molar-refractivity contribution in [3.63, 3.8) is 0 Å². The van der Waals surface area contributed by atoms with Gasteiger partial charge >= 0.3 is 0 Å². The number of primary amides is 2. The average Bonchev–Trinajstić information content (AvgIpc) is 2.06. The van der Waals surface area contributed by atoms with E-state index in [1.165, 1.54) is 0 Å². The van der Waals surface area contributed by atoms with Crippen LogP contribution in [0.4, 0.5) is 0 Å². The van der Waals surface area contributed by atoms with E-state index in [9.17, 15) is 9.59 Å². The van der Waals surface area contributed by atoms with Crippen LogP contribution in [0.25, 0.3) is 0 Å². The van der Waals surface area contributed by atoms with E-state index < -0.39 is 0 Å². The molecule has 2 amide bonds. The second-order valence-electron chi connectivity index (χ2n) is 4.23. The number of hydrogen-bond acceptors (Lipinski definition) is 2. The number of nitrogens with two attached hydrogens (primary N) is 2. The molecule has 1 saturated carbocycles. The average molecular weight is 198 g/mol. The second kappa shape index (κ2) is 4.98. The largest absolute Gasteiger partial charge is 0.370 e. The van der Waals surface area contributed by atoms with Gasteiger partial charge in [0.25, 0.3) is 0 Å². The van der Waals surface area contributed by atoms with Gasteiger partial charge in [0.1, 0.15) is 0 Å². The number of rotatable bonds is 4. The summed E-state index contributed by atoms with van der Waals surface area (Å²) < 4.78 is 0. The molecule has 14 heavy (non-hydrogen) atoms. The molecule has 0 spiro atoms. The molecule has 0 aliphatic heterocycles. The third kappa shape index (κ3) is 3.77. The fourth-order valence-electron chi connectivity index (χ4n) is 2.21. The minimum absolute atomic E-state index is 0.219. The molecule has 0 saturated heterocycles. The molecular formula is C10H18N2O2. The molecule has 0 atom stereocenters. The quantitative estimate of drug-likeness (QED) is 0.690. The molecule has 1 aliphatic rings. The normalized spacial score (nSPS) is 27.1. The van der Waals surface area contributed by atoms with Gasteiger partial charge in [-0.2, -0.15) is 0 Å². The zero-order valence-electron chi connectivity index (χ0n) is 8.37. The molecule has 0 heterocycles. The van der Waals surface area contributed by atoms with E-state index in [1.54, 1.807) is 0 Å². The Morgan fingerprint density at radius 2 is 1.14 bits per heavy atom. The zero-order chi connectivity index (χ0) is 10.6. The van der Waals surface area contributed by atoms with Crippen LogP contribution < -0.4 is 11.5 Å². The highest BCUT2D eigenvalue weighted by Crippen LogP contribution is 2.32. The number of carbonyl (C=O) groups excluding carboxylic acids is 2. The first-order valence-electron chi connectivity index (χ1n) is 5.14. The van der Waals surface area contributed by atoms with Gasteiger partial charge in [-0.1, -0.05) is 0 Å². The Morgan fingerprint density at radius 1 is 0.857 bits per heavy atom. The maximum atomic E-state index is 10.7. The van der Waals surface area contributed by atoms with E-state index in [0.717, 1.165) is 25.7 Å². The standard InChI is InChI=1S/C10H18N2O2/c11-9(13)5-7-1-2-8(4-3-7)6-10(12)14/h7-8H,1-6H2,(H2,11,13)(H2,12,14). The van der Waals surface area contributed by atoms with Crippen molar-refractivity contribution in [2.75, 3.05) is 0 Å². The zero-order valence-corrected chi connectivity index (χ0v) is 8.37. The maximum Gasteiger partial charge on any atom is 0.217 e. The van der Waals surface area contributed by atoms with Crippen molar-refractivity contribution < 1.29 is 9.59 Å². The summed E-state index contributed by atoms with van der Waals surface area (Å²) in [6, 6.07) is 0. The molecule has 0 radical (unpaired) electrons. The van der Waals surface area contributed by atoms with Gasteiger partial charge in [-0.15, -0.1) is 0 Å². The Kier molecular flexibility index (Phi) is 3.92. The molecule has 0 aromatic carbocycles. The second-order valence-corrected chi connectivity index (χ2v) is 4.23. The predicted octanol–water partition coefficient (Wildman–Crippen LogP) is 0.544. The lowest BCUT2D eigenvalue weighted by molar-refractivity contribution is -0.120. The lowest BCUT2D eigenvalue weighted by Gasteiger charge is -2.26. The van der Waals surface area contributed by atoms with E-state index in [2.05, 4.69) is 0 Å². The van der Waals surface area contributed by atoms with Crippen molar-refractivity contribution in [3.8, 4) is 0 Å². The number of carbonyl (C=O) groups is 2. The summed E-state index contributed by atoms with van der Waals surface area (Å²) in [5.41, 5.74) is 10.3. The highest BCUT2D eigenvalue weighted by molar-refractivity contribution is 5.74. The van der Waals surface area contributed by atoms with Crippen molar-refractivity contribution in [1.29, 1.82) is 0 Å². The van der Waals surface area contributed by atoms with Gasteiger partial charge in [0, 0.05) is 12.8 Å². The van der Waals surface area contributed by atoms with Crippen LogP contribution in [0.1, 0.15) is 38.5 Å². The lowest BCUT2D eigenvalue weighted by atomic mass is 9.79. The summed E-state index contributed by atoms with van der Waals surface area (Å²) in [6.07, 6.45) is 4.98. The highest BCUT2D eigenvalue weighted by atomic mass is 16.1. The van der Waals surface area contributed by atoms with Crippen molar-refractivity contribution >= 4 is 11.8 Å². The monoisotopic (exact) mass is 198 g/mol. The molecule has 1 rings (SSSR count). The van der Waals surface area contributed by atoms with Gasteiger partial charge in [-0.05, 0) is 37.5 Å². The summed E-state index contributed by atoms with van der Waals surface area (Å²) in [5.74, 6) is 0.417. The molecule has 0 aromatic rings. The van der Waals surface area contributed by atoms with E-state index in [4.69, 9.17) is 11.5 Å². The van der Waals surface area contributed by atoms with Crippen LogP contribution in [0.3, 0.4) is 0 Å². The van der Waals surface area contributed by atoms with Crippen LogP contribution >= 0.6 is 0 Å². The summed E-state index contributed by atoms with van der Waals surface area (Å²) in [4.78, 5) is 21.3. The Bertz CT molecular complexity index is 196. The summed E-state index contributed by atoms with van der Waals surface area (Å²) in [7, 11) is 0. The van der Waals surface area contributed by atoms with Crippen molar-refractivity contribution in [2.24, 2.45) is 23.3 Å². The van der Waals surface area contributed by atoms with Gasteiger partial charge in [-0.25, -0.2) is 0 Å². The molecule has 0 unspecified atom stereocenters. The van der Waals surface area contributed by atoms with Gasteiger partial charge in [0.05, 0.1) is 0 Å².